The van der Waals surface area contributed by atoms with Gasteiger partial charge in [-0.05, 0) is 79.5 Å². The van der Waals surface area contributed by atoms with Gasteiger partial charge in [-0.15, -0.1) is 0 Å². The van der Waals surface area contributed by atoms with E-state index >= 15 is 0 Å². The van der Waals surface area contributed by atoms with E-state index in [1.165, 1.54) is 0 Å². The maximum atomic E-state index is 13.3. The van der Waals surface area contributed by atoms with E-state index in [0.717, 1.165) is 47.4 Å². The Kier molecular flexibility index (Phi) is 7.03. The highest BCUT2D eigenvalue weighted by Gasteiger charge is 2.46. The normalized spacial score (nSPS) is 28.2. The first kappa shape index (κ1) is 25.1. The molecule has 2 N–H and O–H groups in total. The fraction of sp³-hybridized carbons (Fsp3) is 0.630. The lowest BCUT2D eigenvalue weighted by molar-refractivity contribution is -0.146. The molecule has 186 valence electrons. The van der Waals surface area contributed by atoms with Gasteiger partial charge in [-0.25, -0.2) is 4.79 Å². The van der Waals surface area contributed by atoms with Crippen molar-refractivity contribution in [2.75, 3.05) is 13.2 Å². The number of aryl methyl sites for hydroxylation is 1. The number of carbonyl (C=O) groups is 2. The van der Waals surface area contributed by atoms with Crippen molar-refractivity contribution in [2.24, 2.45) is 17.3 Å². The van der Waals surface area contributed by atoms with Crippen LogP contribution in [-0.4, -0.2) is 41.3 Å². The van der Waals surface area contributed by atoms with E-state index in [4.69, 9.17) is 16.3 Å². The van der Waals surface area contributed by atoms with E-state index in [2.05, 4.69) is 45.1 Å². The largest absolute Gasteiger partial charge is 0.481 e. The minimum absolute atomic E-state index is 0.0798. The highest BCUT2D eigenvalue weighted by Crippen LogP contribution is 2.44. The maximum Gasteiger partial charge on any atom is 0.322 e. The molecule has 3 aliphatic rings. The number of ether oxygens (including phenoxy) is 1. The molecule has 0 unspecified atom stereocenters. The van der Waals surface area contributed by atoms with Crippen LogP contribution in [0.4, 0.5) is 4.79 Å². The fourth-order valence-corrected chi connectivity index (χ4v) is 5.58. The minimum Gasteiger partial charge on any atom is -0.481 e. The third kappa shape index (κ3) is 5.13. The molecule has 0 bridgehead atoms. The summed E-state index contributed by atoms with van der Waals surface area (Å²) in [6.07, 6.45) is 6.72. The summed E-state index contributed by atoms with van der Waals surface area (Å²) in [6.45, 7) is 10.1. The molecule has 2 amide bonds. The van der Waals surface area contributed by atoms with Crippen molar-refractivity contribution in [3.05, 3.63) is 46.1 Å². The summed E-state index contributed by atoms with van der Waals surface area (Å²) in [5, 5.41) is 13.3. The smallest absolute Gasteiger partial charge is 0.322 e. The van der Waals surface area contributed by atoms with Crippen molar-refractivity contribution < 1.29 is 19.4 Å². The second-order valence-corrected chi connectivity index (χ2v) is 11.9. The van der Waals surface area contributed by atoms with Gasteiger partial charge in [0.2, 0.25) is 0 Å². The molecule has 0 spiro atoms. The summed E-state index contributed by atoms with van der Waals surface area (Å²) in [7, 11) is 0. The number of aliphatic carboxylic acids is 1. The van der Waals surface area contributed by atoms with Crippen LogP contribution in [0, 0.1) is 17.3 Å². The van der Waals surface area contributed by atoms with E-state index in [1.807, 2.05) is 12.3 Å². The molecule has 1 aromatic rings. The average molecular weight is 489 g/mol. The van der Waals surface area contributed by atoms with Crippen molar-refractivity contribution in [1.82, 2.24) is 10.2 Å². The molecule has 4 rings (SSSR count). The van der Waals surface area contributed by atoms with Gasteiger partial charge in [-0.1, -0.05) is 44.5 Å². The molecular formula is C27H37ClN2O4. The Morgan fingerprint density at radius 3 is 2.53 bits per heavy atom. The highest BCUT2D eigenvalue weighted by molar-refractivity contribution is 6.31. The number of nitrogens with one attached hydrogen (secondary N) is 1. The molecule has 1 atom stereocenters. The second-order valence-electron chi connectivity index (χ2n) is 11.5. The molecule has 6 nitrogen and oxygen atoms in total. The zero-order valence-corrected chi connectivity index (χ0v) is 21.5. The predicted octanol–water partition coefficient (Wildman–Crippen LogP) is 5.73. The van der Waals surface area contributed by atoms with E-state index in [-0.39, 0.29) is 29.3 Å². The number of hydrogen-bond donors (Lipinski definition) is 2. The lowest BCUT2D eigenvalue weighted by Gasteiger charge is -2.48. The van der Waals surface area contributed by atoms with Crippen molar-refractivity contribution in [1.29, 1.82) is 0 Å². The van der Waals surface area contributed by atoms with Crippen molar-refractivity contribution >= 4 is 23.6 Å². The summed E-state index contributed by atoms with van der Waals surface area (Å²) >= 11 is 6.75. The Morgan fingerprint density at radius 1 is 1.26 bits per heavy atom. The Bertz CT molecular complexity index is 973. The zero-order valence-electron chi connectivity index (χ0n) is 20.7. The van der Waals surface area contributed by atoms with Crippen LogP contribution in [0.15, 0.2) is 30.0 Å². The fourth-order valence-electron chi connectivity index (χ4n) is 5.31. The van der Waals surface area contributed by atoms with Gasteiger partial charge in [-0.3, -0.25) is 9.69 Å². The average Bonchev–Trinajstić information content (AvgIpc) is 2.73. The van der Waals surface area contributed by atoms with Gasteiger partial charge >= 0.3 is 12.0 Å². The number of carboxylic acid groups (broad SMARTS) is 1. The number of rotatable bonds is 6. The number of halogens is 1. The number of carboxylic acids is 1. The first-order valence-electron chi connectivity index (χ1n) is 12.4. The zero-order chi connectivity index (χ0) is 24.7. The van der Waals surface area contributed by atoms with Gasteiger partial charge in [0.05, 0.1) is 11.5 Å². The molecule has 34 heavy (non-hydrogen) atoms. The Labute approximate surface area is 207 Å². The van der Waals surface area contributed by atoms with E-state index < -0.39 is 11.5 Å². The molecule has 1 saturated carbocycles. The summed E-state index contributed by atoms with van der Waals surface area (Å²) in [4.78, 5) is 26.3. The van der Waals surface area contributed by atoms with Crippen LogP contribution >= 0.6 is 11.6 Å². The second kappa shape index (κ2) is 9.54. The van der Waals surface area contributed by atoms with Crippen LogP contribution in [0.25, 0.3) is 0 Å². The van der Waals surface area contributed by atoms with E-state index in [9.17, 15) is 14.7 Å². The molecule has 0 aromatic heterocycles. The molecule has 1 aromatic carbocycles. The number of carbonyl (C=O) groups excluding carboxylic acids is 1. The van der Waals surface area contributed by atoms with Gasteiger partial charge in [-0.2, -0.15) is 0 Å². The van der Waals surface area contributed by atoms with Crippen molar-refractivity contribution in [3.63, 3.8) is 0 Å². The topological polar surface area (TPSA) is 78.9 Å². The Balaban J connectivity index is 1.64. The van der Waals surface area contributed by atoms with Gasteiger partial charge in [0.1, 0.15) is 0 Å². The summed E-state index contributed by atoms with van der Waals surface area (Å²) < 4.78 is 5.61. The molecular weight excluding hydrogens is 452 g/mol. The third-order valence-corrected chi connectivity index (χ3v) is 8.09. The first-order chi connectivity index (χ1) is 16.0. The molecule has 2 aliphatic heterocycles. The van der Waals surface area contributed by atoms with E-state index in [1.54, 1.807) is 4.90 Å². The molecule has 2 fully saturated rings. The number of amides is 2. The van der Waals surface area contributed by atoms with Crippen LogP contribution in [0.1, 0.15) is 70.9 Å². The van der Waals surface area contributed by atoms with Crippen LogP contribution < -0.4 is 5.32 Å². The quantitative estimate of drug-likeness (QED) is 0.535. The summed E-state index contributed by atoms with van der Waals surface area (Å²) in [6, 6.07) is 5.94. The standard InChI is InChI=1S/C27H37ClN2O4/c1-26(2,3)10-7-18-5-6-20(15-23(18)28)27(4)22(17-8-11-34-12-9-17)16-30(25(33)29-27)21-13-19(14-21)24(31)32/h5-6,15-17,19,21H,7-14H2,1-4H3,(H,29,33)(H,31,32)/t19-,21-,27-/m1/s1. The van der Waals surface area contributed by atoms with Gasteiger partial charge in [0.15, 0.2) is 0 Å². The number of urea groups is 1. The van der Waals surface area contributed by atoms with Crippen LogP contribution in [0.2, 0.25) is 5.02 Å². The monoisotopic (exact) mass is 488 g/mol. The summed E-state index contributed by atoms with van der Waals surface area (Å²) in [5.74, 6) is -0.879. The SMILES string of the molecule is CC(C)(C)CCc1ccc([C@@]2(C)NC(=O)N([C@H]3C[C@H](C(=O)O)C3)C=C2C2CCOCC2)cc1Cl. The number of hydrogen-bond acceptors (Lipinski definition) is 3. The molecule has 1 aliphatic carbocycles. The molecule has 2 heterocycles. The van der Waals surface area contributed by atoms with Crippen LogP contribution in [-0.2, 0) is 21.5 Å². The lowest BCUT2D eigenvalue weighted by Crippen LogP contribution is -2.59. The molecule has 7 heteroatoms. The Hall–Kier alpha value is -2.05. The van der Waals surface area contributed by atoms with Gasteiger partial charge < -0.3 is 15.2 Å². The lowest BCUT2D eigenvalue weighted by atomic mass is 9.73. The minimum atomic E-state index is -0.784. The van der Waals surface area contributed by atoms with Crippen molar-refractivity contribution in [2.45, 2.75) is 77.8 Å². The summed E-state index contributed by atoms with van der Waals surface area (Å²) in [5.41, 5.74) is 2.79. The van der Waals surface area contributed by atoms with Crippen LogP contribution in [0.5, 0.6) is 0 Å². The predicted molar refractivity (Wildman–Crippen MR) is 133 cm³/mol. The van der Waals surface area contributed by atoms with E-state index in [0.29, 0.717) is 26.1 Å². The maximum absolute atomic E-state index is 13.3. The highest BCUT2D eigenvalue weighted by atomic mass is 35.5. The van der Waals surface area contributed by atoms with Crippen molar-refractivity contribution in [3.8, 4) is 0 Å². The van der Waals surface area contributed by atoms with Gasteiger partial charge in [0, 0.05) is 30.5 Å². The van der Waals surface area contributed by atoms with Gasteiger partial charge in [0.25, 0.3) is 0 Å². The Morgan fingerprint density at radius 2 is 1.94 bits per heavy atom. The molecule has 1 saturated heterocycles. The molecule has 0 radical (unpaired) electrons. The third-order valence-electron chi connectivity index (χ3n) is 7.74. The first-order valence-corrected chi connectivity index (χ1v) is 12.8. The van der Waals surface area contributed by atoms with Crippen LogP contribution in [0.3, 0.4) is 0 Å². The number of benzene rings is 1. The number of nitrogens with zero attached hydrogens (tertiary/aromatic N) is 1.